The molecular formula is C18H24O2. The summed E-state index contributed by atoms with van der Waals surface area (Å²) in [7, 11) is 1.66. The lowest BCUT2D eigenvalue weighted by molar-refractivity contribution is 0.143. The Kier molecular flexibility index (Phi) is 5.02. The van der Waals surface area contributed by atoms with Crippen molar-refractivity contribution >= 4 is 10.8 Å². The molecule has 0 amide bonds. The summed E-state index contributed by atoms with van der Waals surface area (Å²) in [6.45, 7) is 4.38. The third-order valence-electron chi connectivity index (χ3n) is 3.89. The minimum Gasteiger partial charge on any atom is -0.496 e. The predicted octanol–water partition coefficient (Wildman–Crippen LogP) is 4.71. The number of ether oxygens (including phenoxy) is 1. The van der Waals surface area contributed by atoms with Crippen molar-refractivity contribution in [2.24, 2.45) is 5.92 Å². The van der Waals surface area contributed by atoms with Gasteiger partial charge in [-0.25, -0.2) is 0 Å². The molecule has 0 saturated carbocycles. The zero-order valence-electron chi connectivity index (χ0n) is 12.6. The molecule has 0 aliphatic heterocycles. The van der Waals surface area contributed by atoms with E-state index in [1.807, 2.05) is 24.3 Å². The van der Waals surface area contributed by atoms with Crippen molar-refractivity contribution in [3.05, 3.63) is 42.0 Å². The number of aliphatic hydroxyl groups excluding tert-OH is 1. The Balaban J connectivity index is 2.40. The van der Waals surface area contributed by atoms with Crippen molar-refractivity contribution < 1.29 is 9.84 Å². The van der Waals surface area contributed by atoms with Crippen LogP contribution >= 0.6 is 0 Å². The molecule has 2 aromatic carbocycles. The van der Waals surface area contributed by atoms with Gasteiger partial charge in [-0.2, -0.15) is 0 Å². The van der Waals surface area contributed by atoms with Gasteiger partial charge in [0, 0.05) is 5.56 Å². The van der Waals surface area contributed by atoms with E-state index in [9.17, 15) is 5.11 Å². The molecule has 0 saturated heterocycles. The normalized spacial score (nSPS) is 14.2. The molecule has 2 heteroatoms. The highest BCUT2D eigenvalue weighted by Crippen LogP contribution is 2.36. The molecule has 2 unspecified atom stereocenters. The maximum absolute atomic E-state index is 10.6. The topological polar surface area (TPSA) is 29.5 Å². The molecule has 2 nitrogen and oxygen atoms in total. The van der Waals surface area contributed by atoms with Gasteiger partial charge < -0.3 is 9.84 Å². The van der Waals surface area contributed by atoms with Crippen LogP contribution in [-0.2, 0) is 0 Å². The Bertz CT molecular complexity index is 562. The Morgan fingerprint density at radius 2 is 1.90 bits per heavy atom. The largest absolute Gasteiger partial charge is 0.496 e. The molecule has 20 heavy (non-hydrogen) atoms. The van der Waals surface area contributed by atoms with Gasteiger partial charge in [0.25, 0.3) is 0 Å². The summed E-state index contributed by atoms with van der Waals surface area (Å²) in [5.41, 5.74) is 0.925. The summed E-state index contributed by atoms with van der Waals surface area (Å²) < 4.78 is 5.46. The summed E-state index contributed by atoms with van der Waals surface area (Å²) in [5, 5.41) is 12.9. The first-order valence-corrected chi connectivity index (χ1v) is 7.41. The first kappa shape index (κ1) is 14.9. The average Bonchev–Trinajstić information content (AvgIpc) is 2.46. The van der Waals surface area contributed by atoms with E-state index >= 15 is 0 Å². The highest BCUT2D eigenvalue weighted by Gasteiger charge is 2.19. The number of benzene rings is 2. The second-order valence-corrected chi connectivity index (χ2v) is 5.55. The van der Waals surface area contributed by atoms with E-state index < -0.39 is 6.10 Å². The molecule has 0 aromatic heterocycles. The summed E-state index contributed by atoms with van der Waals surface area (Å²) in [6, 6.07) is 12.1. The molecule has 0 heterocycles. The van der Waals surface area contributed by atoms with Crippen LogP contribution in [0.4, 0.5) is 0 Å². The van der Waals surface area contributed by atoms with Gasteiger partial charge in [0.1, 0.15) is 5.75 Å². The van der Waals surface area contributed by atoms with Crippen LogP contribution in [-0.4, -0.2) is 12.2 Å². The van der Waals surface area contributed by atoms with E-state index in [0.717, 1.165) is 41.3 Å². The number of rotatable bonds is 6. The van der Waals surface area contributed by atoms with Crippen molar-refractivity contribution in [3.63, 3.8) is 0 Å². The molecule has 0 radical (unpaired) electrons. The van der Waals surface area contributed by atoms with E-state index in [2.05, 4.69) is 26.0 Å². The van der Waals surface area contributed by atoms with Gasteiger partial charge in [-0.05, 0) is 29.2 Å². The van der Waals surface area contributed by atoms with Crippen molar-refractivity contribution in [1.29, 1.82) is 0 Å². The molecule has 0 aliphatic carbocycles. The van der Waals surface area contributed by atoms with Crippen LogP contribution in [0, 0.1) is 5.92 Å². The van der Waals surface area contributed by atoms with Crippen LogP contribution in [0.3, 0.4) is 0 Å². The summed E-state index contributed by atoms with van der Waals surface area (Å²) >= 11 is 0. The van der Waals surface area contributed by atoms with Crippen LogP contribution in [0.15, 0.2) is 36.4 Å². The molecule has 2 atom stereocenters. The Labute approximate surface area is 121 Å². The minimum atomic E-state index is -0.474. The lowest BCUT2D eigenvalue weighted by Crippen LogP contribution is -2.07. The molecule has 0 bridgehead atoms. The van der Waals surface area contributed by atoms with E-state index in [4.69, 9.17) is 4.74 Å². The summed E-state index contributed by atoms with van der Waals surface area (Å²) in [4.78, 5) is 0. The fraction of sp³-hybridized carbons (Fsp3) is 0.444. The quantitative estimate of drug-likeness (QED) is 0.825. The Morgan fingerprint density at radius 1 is 1.15 bits per heavy atom. The number of aliphatic hydroxyl groups is 1. The van der Waals surface area contributed by atoms with Gasteiger partial charge in [-0.1, -0.05) is 57.0 Å². The maximum Gasteiger partial charge on any atom is 0.125 e. The van der Waals surface area contributed by atoms with Gasteiger partial charge >= 0.3 is 0 Å². The molecule has 0 aliphatic rings. The van der Waals surface area contributed by atoms with Gasteiger partial charge in [-0.3, -0.25) is 0 Å². The first-order valence-electron chi connectivity index (χ1n) is 7.41. The van der Waals surface area contributed by atoms with Crippen molar-refractivity contribution in [2.45, 2.75) is 39.2 Å². The SMILES string of the molecule is CCCC(C)CC(O)c1c(OC)ccc2ccccc12. The molecule has 108 valence electrons. The number of hydrogen-bond acceptors (Lipinski definition) is 2. The third kappa shape index (κ3) is 3.13. The fourth-order valence-corrected chi connectivity index (χ4v) is 2.91. The van der Waals surface area contributed by atoms with E-state index in [-0.39, 0.29) is 0 Å². The van der Waals surface area contributed by atoms with Gasteiger partial charge in [0.2, 0.25) is 0 Å². The smallest absolute Gasteiger partial charge is 0.125 e. The molecule has 0 spiro atoms. The summed E-state index contributed by atoms with van der Waals surface area (Å²) in [5.74, 6) is 1.29. The minimum absolute atomic E-state index is 0.474. The Morgan fingerprint density at radius 3 is 2.60 bits per heavy atom. The second kappa shape index (κ2) is 6.76. The number of fused-ring (bicyclic) bond motifs is 1. The van der Waals surface area contributed by atoms with Gasteiger partial charge in [-0.15, -0.1) is 0 Å². The first-order chi connectivity index (χ1) is 9.67. The lowest BCUT2D eigenvalue weighted by Gasteiger charge is -2.20. The zero-order chi connectivity index (χ0) is 14.5. The molecule has 0 fully saturated rings. The van der Waals surface area contributed by atoms with Crippen molar-refractivity contribution in [2.75, 3.05) is 7.11 Å². The van der Waals surface area contributed by atoms with Gasteiger partial charge in [0.05, 0.1) is 13.2 Å². The van der Waals surface area contributed by atoms with Crippen LogP contribution in [0.1, 0.15) is 44.8 Å². The summed E-state index contributed by atoms with van der Waals surface area (Å²) in [6.07, 6.45) is 2.60. The highest BCUT2D eigenvalue weighted by molar-refractivity contribution is 5.88. The van der Waals surface area contributed by atoms with Crippen LogP contribution in [0.5, 0.6) is 5.75 Å². The van der Waals surface area contributed by atoms with Crippen molar-refractivity contribution in [1.82, 2.24) is 0 Å². The molecular weight excluding hydrogens is 248 g/mol. The second-order valence-electron chi connectivity index (χ2n) is 5.55. The van der Waals surface area contributed by atoms with E-state index in [0.29, 0.717) is 5.92 Å². The highest BCUT2D eigenvalue weighted by atomic mass is 16.5. The third-order valence-corrected chi connectivity index (χ3v) is 3.89. The van der Waals surface area contributed by atoms with Crippen LogP contribution in [0.2, 0.25) is 0 Å². The predicted molar refractivity (Wildman–Crippen MR) is 84.1 cm³/mol. The zero-order valence-corrected chi connectivity index (χ0v) is 12.6. The van der Waals surface area contributed by atoms with Crippen molar-refractivity contribution in [3.8, 4) is 5.75 Å². The average molecular weight is 272 g/mol. The molecule has 2 rings (SSSR count). The van der Waals surface area contributed by atoms with E-state index in [1.54, 1.807) is 7.11 Å². The lowest BCUT2D eigenvalue weighted by atomic mass is 9.91. The number of hydrogen-bond donors (Lipinski definition) is 1. The standard InChI is InChI=1S/C18H24O2/c1-4-7-13(2)12-16(19)18-15-9-6-5-8-14(15)10-11-17(18)20-3/h5-6,8-11,13,16,19H,4,7,12H2,1-3H3. The molecule has 1 N–H and O–H groups in total. The Hall–Kier alpha value is -1.54. The molecule has 2 aromatic rings. The monoisotopic (exact) mass is 272 g/mol. The van der Waals surface area contributed by atoms with Gasteiger partial charge in [0.15, 0.2) is 0 Å². The van der Waals surface area contributed by atoms with E-state index in [1.165, 1.54) is 0 Å². The van der Waals surface area contributed by atoms with Crippen LogP contribution in [0.25, 0.3) is 10.8 Å². The fourth-order valence-electron chi connectivity index (χ4n) is 2.91. The van der Waals surface area contributed by atoms with Crippen LogP contribution < -0.4 is 4.74 Å². The number of methoxy groups -OCH3 is 1. The maximum atomic E-state index is 10.6.